The summed E-state index contributed by atoms with van der Waals surface area (Å²) in [6, 6.07) is 12.2. The molecule has 0 amide bonds. The van der Waals surface area contributed by atoms with Gasteiger partial charge in [-0.2, -0.15) is 0 Å². The third-order valence-corrected chi connectivity index (χ3v) is 5.98. The number of carbonyl (C=O) groups excluding carboxylic acids is 1. The molecule has 0 N–H and O–H groups in total. The molecular weight excluding hydrogens is 368 g/mol. The van der Waals surface area contributed by atoms with Gasteiger partial charge in [0.2, 0.25) is 5.16 Å². The summed E-state index contributed by atoms with van der Waals surface area (Å²) in [6.45, 7) is 8.96. The molecule has 4 aromatic rings. The summed E-state index contributed by atoms with van der Waals surface area (Å²) in [5.41, 5.74) is 6.83. The van der Waals surface area contributed by atoms with Crippen LogP contribution in [0.3, 0.4) is 0 Å². The second kappa shape index (κ2) is 7.36. The fourth-order valence-corrected chi connectivity index (χ4v) is 4.20. The highest BCUT2D eigenvalue weighted by Gasteiger charge is 2.16. The lowest BCUT2D eigenvalue weighted by molar-refractivity contribution is 0.102. The maximum absolute atomic E-state index is 12.7. The van der Waals surface area contributed by atoms with Crippen LogP contribution in [-0.4, -0.2) is 31.3 Å². The Morgan fingerprint density at radius 3 is 2.57 bits per heavy atom. The summed E-state index contributed by atoms with van der Waals surface area (Å²) in [7, 11) is 0. The number of hydrogen-bond acceptors (Lipinski definition) is 5. The van der Waals surface area contributed by atoms with E-state index in [9.17, 15) is 4.79 Å². The van der Waals surface area contributed by atoms with Crippen molar-refractivity contribution in [2.45, 2.75) is 39.4 Å². The van der Waals surface area contributed by atoms with Gasteiger partial charge in [-0.25, -0.2) is 4.98 Å². The molecule has 142 valence electrons. The Hall–Kier alpha value is -2.73. The van der Waals surface area contributed by atoms with E-state index in [-0.39, 0.29) is 5.78 Å². The molecule has 6 heteroatoms. The number of thioether (sulfide) groups is 1. The zero-order valence-electron chi connectivity index (χ0n) is 16.5. The number of benzene rings is 2. The van der Waals surface area contributed by atoms with Crippen LogP contribution in [0.1, 0.15) is 34.0 Å². The topological polar surface area (TPSA) is 60.7 Å². The first-order valence-corrected chi connectivity index (χ1v) is 10.3. The van der Waals surface area contributed by atoms with Crippen molar-refractivity contribution in [2.75, 3.05) is 5.75 Å². The standard InChI is InChI=1S/C22H22N4OS/c1-5-26-18-9-7-6-8-16(18)20-21(26)23-22(25-24-20)28-12-19(27)17-11-14(3)13(2)10-15(17)4/h6-11H,5,12H2,1-4H3. The lowest BCUT2D eigenvalue weighted by atomic mass is 9.99. The quantitative estimate of drug-likeness (QED) is 0.358. The number of aryl methyl sites for hydroxylation is 4. The number of Topliss-reactive ketones (excluding diaryl/α,β-unsaturated/α-hetero) is 1. The van der Waals surface area contributed by atoms with Crippen molar-refractivity contribution >= 4 is 39.6 Å². The van der Waals surface area contributed by atoms with Crippen molar-refractivity contribution in [2.24, 2.45) is 0 Å². The summed E-state index contributed by atoms with van der Waals surface area (Å²) < 4.78 is 2.14. The minimum Gasteiger partial charge on any atom is -0.324 e. The van der Waals surface area contributed by atoms with E-state index in [1.165, 1.54) is 17.3 Å². The summed E-state index contributed by atoms with van der Waals surface area (Å²) >= 11 is 1.34. The molecule has 4 rings (SSSR count). The summed E-state index contributed by atoms with van der Waals surface area (Å²) in [5.74, 6) is 0.383. The van der Waals surface area contributed by atoms with E-state index in [2.05, 4.69) is 40.7 Å². The van der Waals surface area contributed by atoms with E-state index >= 15 is 0 Å². The van der Waals surface area contributed by atoms with Crippen molar-refractivity contribution in [3.63, 3.8) is 0 Å². The molecule has 0 aliphatic rings. The third kappa shape index (κ3) is 3.18. The molecule has 0 aliphatic heterocycles. The Kier molecular flexibility index (Phi) is 4.89. The average Bonchev–Trinajstić information content (AvgIpc) is 3.01. The van der Waals surface area contributed by atoms with Crippen molar-refractivity contribution in [3.8, 4) is 0 Å². The summed E-state index contributed by atoms with van der Waals surface area (Å²) in [6.07, 6.45) is 0. The van der Waals surface area contributed by atoms with E-state index in [1.54, 1.807) is 0 Å². The van der Waals surface area contributed by atoms with Gasteiger partial charge in [-0.3, -0.25) is 4.79 Å². The van der Waals surface area contributed by atoms with Gasteiger partial charge in [0.15, 0.2) is 11.4 Å². The second-order valence-electron chi connectivity index (χ2n) is 6.99. The van der Waals surface area contributed by atoms with E-state index in [1.807, 2.05) is 38.1 Å². The SMILES string of the molecule is CCn1c2ccccc2c2nnc(SCC(=O)c3cc(C)c(C)cc3C)nc21. The Morgan fingerprint density at radius 1 is 1.04 bits per heavy atom. The van der Waals surface area contributed by atoms with Crippen molar-refractivity contribution < 1.29 is 4.79 Å². The number of para-hydroxylation sites is 1. The minimum atomic E-state index is 0.0883. The molecule has 2 aromatic heterocycles. The highest BCUT2D eigenvalue weighted by molar-refractivity contribution is 7.99. The van der Waals surface area contributed by atoms with Crippen LogP contribution in [0.4, 0.5) is 0 Å². The number of carbonyl (C=O) groups is 1. The highest BCUT2D eigenvalue weighted by atomic mass is 32.2. The molecule has 0 saturated heterocycles. The number of rotatable bonds is 5. The average molecular weight is 391 g/mol. The monoisotopic (exact) mass is 390 g/mol. The Balaban J connectivity index is 1.63. The van der Waals surface area contributed by atoms with Crippen LogP contribution in [0, 0.1) is 20.8 Å². The second-order valence-corrected chi connectivity index (χ2v) is 7.93. The number of hydrogen-bond donors (Lipinski definition) is 0. The minimum absolute atomic E-state index is 0.0883. The van der Waals surface area contributed by atoms with E-state index in [0.717, 1.165) is 45.3 Å². The third-order valence-electron chi connectivity index (χ3n) is 5.14. The van der Waals surface area contributed by atoms with Gasteiger partial charge in [-0.05, 0) is 56.5 Å². The lowest BCUT2D eigenvalue weighted by Crippen LogP contribution is -2.07. The molecule has 0 unspecified atom stereocenters. The molecular formula is C22H22N4OS. The molecule has 0 spiro atoms. The zero-order chi connectivity index (χ0) is 19.8. The predicted molar refractivity (Wildman–Crippen MR) is 114 cm³/mol. The fourth-order valence-electron chi connectivity index (χ4n) is 3.54. The lowest BCUT2D eigenvalue weighted by Gasteiger charge is -2.08. The van der Waals surface area contributed by atoms with Crippen molar-refractivity contribution in [3.05, 3.63) is 58.7 Å². The Morgan fingerprint density at radius 2 is 1.79 bits per heavy atom. The van der Waals surface area contributed by atoms with Crippen molar-refractivity contribution in [1.29, 1.82) is 0 Å². The van der Waals surface area contributed by atoms with Gasteiger partial charge in [0.1, 0.15) is 5.52 Å². The largest absolute Gasteiger partial charge is 0.324 e. The van der Waals surface area contributed by atoms with Crippen LogP contribution in [0.2, 0.25) is 0 Å². The van der Waals surface area contributed by atoms with Gasteiger partial charge in [0, 0.05) is 17.5 Å². The maximum Gasteiger partial charge on any atom is 0.211 e. The molecule has 0 radical (unpaired) electrons. The number of fused-ring (bicyclic) bond motifs is 3. The van der Waals surface area contributed by atoms with E-state index in [0.29, 0.717) is 10.9 Å². The molecule has 5 nitrogen and oxygen atoms in total. The van der Waals surface area contributed by atoms with Crippen LogP contribution in [-0.2, 0) is 6.54 Å². The molecule has 28 heavy (non-hydrogen) atoms. The van der Waals surface area contributed by atoms with Gasteiger partial charge < -0.3 is 4.57 Å². The smallest absolute Gasteiger partial charge is 0.211 e. The van der Waals surface area contributed by atoms with Crippen LogP contribution < -0.4 is 0 Å². The molecule has 0 aliphatic carbocycles. The first-order chi connectivity index (χ1) is 13.5. The van der Waals surface area contributed by atoms with Gasteiger partial charge in [-0.15, -0.1) is 10.2 Å². The first kappa shape index (κ1) is 18.6. The Bertz CT molecular complexity index is 1210. The van der Waals surface area contributed by atoms with Gasteiger partial charge in [0.05, 0.1) is 11.3 Å². The summed E-state index contributed by atoms with van der Waals surface area (Å²) in [5, 5.41) is 10.2. The predicted octanol–water partition coefficient (Wildman–Crippen LogP) is 4.90. The number of ketones is 1. The van der Waals surface area contributed by atoms with Crippen LogP contribution in [0.25, 0.3) is 22.1 Å². The van der Waals surface area contributed by atoms with Crippen molar-refractivity contribution in [1.82, 2.24) is 19.7 Å². The number of nitrogens with zero attached hydrogens (tertiary/aromatic N) is 4. The van der Waals surface area contributed by atoms with E-state index in [4.69, 9.17) is 4.98 Å². The normalized spacial score (nSPS) is 11.4. The maximum atomic E-state index is 12.7. The van der Waals surface area contributed by atoms with Gasteiger partial charge in [0.25, 0.3) is 0 Å². The molecule has 0 bridgehead atoms. The summed E-state index contributed by atoms with van der Waals surface area (Å²) in [4.78, 5) is 17.4. The molecule has 0 saturated carbocycles. The molecule has 0 atom stereocenters. The van der Waals surface area contributed by atoms with Crippen LogP contribution >= 0.6 is 11.8 Å². The molecule has 2 aromatic carbocycles. The van der Waals surface area contributed by atoms with Gasteiger partial charge >= 0.3 is 0 Å². The molecule has 2 heterocycles. The highest BCUT2D eigenvalue weighted by Crippen LogP contribution is 2.27. The first-order valence-electron chi connectivity index (χ1n) is 9.35. The van der Waals surface area contributed by atoms with Crippen LogP contribution in [0.5, 0.6) is 0 Å². The zero-order valence-corrected chi connectivity index (χ0v) is 17.3. The molecule has 0 fully saturated rings. The van der Waals surface area contributed by atoms with Gasteiger partial charge in [-0.1, -0.05) is 36.0 Å². The van der Waals surface area contributed by atoms with E-state index < -0.39 is 0 Å². The fraction of sp³-hybridized carbons (Fsp3) is 0.273. The Labute approximate surface area is 168 Å². The van der Waals surface area contributed by atoms with Crippen LogP contribution in [0.15, 0.2) is 41.6 Å². The number of aromatic nitrogens is 4.